The second kappa shape index (κ2) is 6.53. The molecule has 1 N–H and O–H groups in total. The van der Waals surface area contributed by atoms with E-state index in [1.165, 1.54) is 17.2 Å². The Morgan fingerprint density at radius 3 is 2.60 bits per heavy atom. The molecule has 2 aromatic rings. The predicted molar refractivity (Wildman–Crippen MR) is 103 cm³/mol. The third-order valence-electron chi connectivity index (χ3n) is 6.08. The van der Waals surface area contributed by atoms with Crippen LogP contribution in [0.3, 0.4) is 0 Å². The smallest absolute Gasteiger partial charge is 0.340 e. The molecule has 5 rings (SSSR count). The molecule has 3 aliphatic rings. The van der Waals surface area contributed by atoms with Crippen LogP contribution >= 0.6 is 0 Å². The van der Waals surface area contributed by atoms with Crippen LogP contribution in [0.2, 0.25) is 0 Å². The number of carbonyl (C=O) groups is 2. The van der Waals surface area contributed by atoms with Gasteiger partial charge in [-0.25, -0.2) is 0 Å². The summed E-state index contributed by atoms with van der Waals surface area (Å²) in [6, 6.07) is 6.62. The lowest BCUT2D eigenvalue weighted by atomic mass is 9.74. The molecule has 0 bridgehead atoms. The van der Waals surface area contributed by atoms with Crippen molar-refractivity contribution in [2.75, 3.05) is 37.6 Å². The Hall–Kier alpha value is -2.94. The molecule has 0 unspecified atom stereocenters. The quantitative estimate of drug-likeness (QED) is 0.832. The van der Waals surface area contributed by atoms with Crippen molar-refractivity contribution in [1.82, 2.24) is 15.2 Å². The molecule has 1 aromatic carbocycles. The van der Waals surface area contributed by atoms with Crippen LogP contribution in [0.4, 0.5) is 18.9 Å². The number of aromatic nitrogens is 1. The number of nitrogens with zero attached hydrogens (tertiary/aromatic N) is 3. The van der Waals surface area contributed by atoms with Gasteiger partial charge in [0, 0.05) is 43.4 Å². The molecule has 0 saturated carbocycles. The van der Waals surface area contributed by atoms with E-state index in [0.717, 1.165) is 25.2 Å². The summed E-state index contributed by atoms with van der Waals surface area (Å²) in [4.78, 5) is 32.5. The number of benzene rings is 1. The number of alkyl halides is 3. The summed E-state index contributed by atoms with van der Waals surface area (Å²) in [5.41, 5.74) is 1.29. The zero-order valence-corrected chi connectivity index (χ0v) is 16.0. The number of nitrogens with one attached hydrogen (secondary N) is 1. The third-order valence-corrected chi connectivity index (χ3v) is 6.08. The predicted octanol–water partition coefficient (Wildman–Crippen LogP) is 2.09. The Morgan fingerprint density at radius 1 is 1.17 bits per heavy atom. The number of fused-ring (bicyclic) bond motifs is 1. The van der Waals surface area contributed by atoms with E-state index in [9.17, 15) is 22.8 Å². The topological polar surface area (TPSA) is 65.5 Å². The van der Waals surface area contributed by atoms with E-state index in [1.807, 2.05) is 0 Å². The normalized spacial score (nSPS) is 19.5. The second-order valence-electron chi connectivity index (χ2n) is 8.28. The van der Waals surface area contributed by atoms with E-state index in [2.05, 4.69) is 10.3 Å². The molecule has 1 spiro atoms. The molecule has 1 aromatic heterocycles. The number of carbonyl (C=O) groups excluding carboxylic acids is 2. The molecule has 6 nitrogen and oxygen atoms in total. The van der Waals surface area contributed by atoms with E-state index in [4.69, 9.17) is 0 Å². The molecule has 156 valence electrons. The molecular weight excluding hydrogens is 397 g/mol. The molecule has 2 amide bonds. The van der Waals surface area contributed by atoms with Gasteiger partial charge in [0.05, 0.1) is 23.4 Å². The first-order valence-electron chi connectivity index (χ1n) is 9.70. The Labute approximate surface area is 170 Å². The highest BCUT2D eigenvalue weighted by Crippen LogP contribution is 2.37. The van der Waals surface area contributed by atoms with Crippen molar-refractivity contribution in [3.63, 3.8) is 0 Å². The molecule has 30 heavy (non-hydrogen) atoms. The number of likely N-dealkylation sites (tertiary alicyclic amines) is 1. The van der Waals surface area contributed by atoms with Crippen molar-refractivity contribution in [1.29, 1.82) is 0 Å². The van der Waals surface area contributed by atoms with Crippen molar-refractivity contribution in [2.45, 2.75) is 12.6 Å². The zero-order valence-electron chi connectivity index (χ0n) is 16.0. The van der Waals surface area contributed by atoms with Crippen molar-refractivity contribution < 1.29 is 22.8 Å². The number of rotatable bonds is 3. The molecule has 0 radical (unpaired) electrons. The highest BCUT2D eigenvalue weighted by Gasteiger charge is 2.49. The molecule has 0 aliphatic carbocycles. The van der Waals surface area contributed by atoms with Crippen molar-refractivity contribution in [2.24, 2.45) is 5.41 Å². The van der Waals surface area contributed by atoms with E-state index in [1.54, 1.807) is 17.0 Å². The van der Waals surface area contributed by atoms with Crippen molar-refractivity contribution >= 4 is 17.5 Å². The van der Waals surface area contributed by atoms with Crippen LogP contribution in [0.1, 0.15) is 11.3 Å². The Kier molecular flexibility index (Phi) is 4.15. The maximum atomic E-state index is 13.0. The fourth-order valence-electron chi connectivity index (χ4n) is 4.31. The number of anilines is 1. The van der Waals surface area contributed by atoms with E-state index >= 15 is 0 Å². The first-order chi connectivity index (χ1) is 14.2. The van der Waals surface area contributed by atoms with Crippen LogP contribution < -0.4 is 10.2 Å². The fraction of sp³-hybridized carbons (Fsp3) is 0.381. The summed E-state index contributed by atoms with van der Waals surface area (Å²) in [5.74, 6) is -0.356. The largest absolute Gasteiger partial charge is 0.416 e. The van der Waals surface area contributed by atoms with Gasteiger partial charge in [-0.1, -0.05) is 12.1 Å². The van der Waals surface area contributed by atoms with Gasteiger partial charge >= 0.3 is 6.18 Å². The molecule has 3 aliphatic heterocycles. The number of hydrogen-bond donors (Lipinski definition) is 1. The van der Waals surface area contributed by atoms with Gasteiger partial charge in [-0.15, -0.1) is 0 Å². The van der Waals surface area contributed by atoms with Crippen LogP contribution in [0.25, 0.3) is 11.1 Å². The lowest BCUT2D eigenvalue weighted by Gasteiger charge is -2.56. The summed E-state index contributed by atoms with van der Waals surface area (Å²) >= 11 is 0. The van der Waals surface area contributed by atoms with Gasteiger partial charge in [0.1, 0.15) is 6.54 Å². The lowest BCUT2D eigenvalue weighted by molar-refractivity contribution is -0.145. The molecule has 9 heteroatoms. The average Bonchev–Trinajstić information content (AvgIpc) is 2.93. The van der Waals surface area contributed by atoms with Gasteiger partial charge in [-0.2, -0.15) is 13.2 Å². The van der Waals surface area contributed by atoms with Gasteiger partial charge in [0.15, 0.2) is 0 Å². The molecule has 2 saturated heterocycles. The van der Waals surface area contributed by atoms with Crippen LogP contribution in [-0.4, -0.2) is 54.4 Å². The van der Waals surface area contributed by atoms with Crippen LogP contribution in [0.15, 0.2) is 36.5 Å². The highest BCUT2D eigenvalue weighted by molar-refractivity contribution is 6.05. The fourth-order valence-corrected chi connectivity index (χ4v) is 4.31. The van der Waals surface area contributed by atoms with Crippen LogP contribution in [0.5, 0.6) is 0 Å². The van der Waals surface area contributed by atoms with E-state index in [-0.39, 0.29) is 30.2 Å². The van der Waals surface area contributed by atoms with E-state index < -0.39 is 11.7 Å². The van der Waals surface area contributed by atoms with Crippen LogP contribution in [0, 0.1) is 5.41 Å². The van der Waals surface area contributed by atoms with Crippen LogP contribution in [-0.2, 0) is 22.2 Å². The minimum Gasteiger partial charge on any atom is -0.340 e. The minimum absolute atomic E-state index is 0.0803. The monoisotopic (exact) mass is 416 g/mol. The van der Waals surface area contributed by atoms with Gasteiger partial charge in [0.25, 0.3) is 0 Å². The highest BCUT2D eigenvalue weighted by atomic mass is 19.4. The molecule has 4 heterocycles. The average molecular weight is 416 g/mol. The van der Waals surface area contributed by atoms with Crippen molar-refractivity contribution in [3.05, 3.63) is 47.8 Å². The third kappa shape index (κ3) is 3.13. The molecular formula is C21H19F3N4O2. The standard InChI is InChI=1S/C21H19F3N4O2/c22-21(23,24)15-3-1-2-13(4-15)14-5-17-16(26-7-14)6-18(29)28(17)8-19(30)27-11-20(12-27)9-25-10-20/h1-5,7,25H,6,8-12H2. The second-order valence-corrected chi connectivity index (χ2v) is 8.28. The number of hydrogen-bond acceptors (Lipinski definition) is 4. The number of pyridine rings is 1. The lowest BCUT2D eigenvalue weighted by Crippen LogP contribution is -2.72. The summed E-state index contributed by atoms with van der Waals surface area (Å²) in [5, 5.41) is 3.21. The molecule has 2 fully saturated rings. The summed E-state index contributed by atoms with van der Waals surface area (Å²) in [7, 11) is 0. The summed E-state index contributed by atoms with van der Waals surface area (Å²) in [6.07, 6.45) is -2.89. The number of halogens is 3. The summed E-state index contributed by atoms with van der Waals surface area (Å²) in [6.45, 7) is 3.12. The summed E-state index contributed by atoms with van der Waals surface area (Å²) < 4.78 is 39.1. The maximum Gasteiger partial charge on any atom is 0.416 e. The van der Waals surface area contributed by atoms with Gasteiger partial charge in [-0.3, -0.25) is 14.6 Å². The Balaban J connectivity index is 1.38. The van der Waals surface area contributed by atoms with E-state index in [0.29, 0.717) is 35.6 Å². The van der Waals surface area contributed by atoms with Crippen molar-refractivity contribution in [3.8, 4) is 11.1 Å². The number of amides is 2. The first-order valence-corrected chi connectivity index (χ1v) is 9.70. The van der Waals surface area contributed by atoms with Gasteiger partial charge in [-0.05, 0) is 23.8 Å². The molecule has 0 atom stereocenters. The maximum absolute atomic E-state index is 13.0. The minimum atomic E-state index is -4.45. The van der Waals surface area contributed by atoms with Gasteiger partial charge in [0.2, 0.25) is 11.8 Å². The SMILES string of the molecule is O=C(CN1C(=O)Cc2ncc(-c3cccc(C(F)(F)F)c3)cc21)N1CC2(CNC2)C1. The Morgan fingerprint density at radius 2 is 1.93 bits per heavy atom. The van der Waals surface area contributed by atoms with Gasteiger partial charge < -0.3 is 15.1 Å². The Bertz CT molecular complexity index is 1040. The first kappa shape index (κ1) is 19.0. The zero-order chi connectivity index (χ0) is 21.1.